The molecule has 3 N–H and O–H groups in total. The minimum atomic E-state index is -0.255. The van der Waals surface area contributed by atoms with Crippen molar-refractivity contribution in [2.24, 2.45) is 0 Å². The van der Waals surface area contributed by atoms with E-state index >= 15 is 0 Å². The molecule has 1 amide bonds. The Morgan fingerprint density at radius 3 is 2.81 bits per heavy atom. The van der Waals surface area contributed by atoms with Gasteiger partial charge in [0.1, 0.15) is 11.5 Å². The first-order chi connectivity index (χ1) is 7.49. The summed E-state index contributed by atoms with van der Waals surface area (Å²) in [5.41, 5.74) is 5.69. The van der Waals surface area contributed by atoms with Gasteiger partial charge >= 0.3 is 0 Å². The van der Waals surface area contributed by atoms with Crippen LogP contribution in [0.2, 0.25) is 0 Å². The summed E-state index contributed by atoms with van der Waals surface area (Å²) in [5, 5.41) is 2.82. The molecule has 1 atom stereocenters. The number of carbonyl (C=O) groups is 1. The highest BCUT2D eigenvalue weighted by Crippen LogP contribution is 1.98. The summed E-state index contributed by atoms with van der Waals surface area (Å²) >= 11 is 0. The molecule has 1 heterocycles. The van der Waals surface area contributed by atoms with E-state index in [1.807, 2.05) is 25.9 Å². The zero-order valence-electron chi connectivity index (χ0n) is 9.77. The highest BCUT2D eigenvalue weighted by Gasteiger charge is 2.11. The molecule has 0 fully saturated rings. The van der Waals surface area contributed by atoms with Crippen molar-refractivity contribution in [1.82, 2.24) is 20.2 Å². The van der Waals surface area contributed by atoms with Gasteiger partial charge < -0.3 is 16.0 Å². The third-order valence-electron chi connectivity index (χ3n) is 1.90. The molecule has 0 bridgehead atoms. The lowest BCUT2D eigenvalue weighted by Gasteiger charge is -2.17. The third kappa shape index (κ3) is 3.82. The molecule has 0 spiro atoms. The standard InChI is InChI=1S/C10H17N5O/c1-7(6-15(2)3)13-10(16)8-4-12-5-9(11)14-8/h4-5,7H,6H2,1-3H3,(H2,11,14)(H,13,16). The lowest BCUT2D eigenvalue weighted by Crippen LogP contribution is -2.39. The number of nitrogens with two attached hydrogens (primary N) is 1. The SMILES string of the molecule is CC(CN(C)C)NC(=O)c1cncc(N)n1. The minimum absolute atomic E-state index is 0.0470. The van der Waals surface area contributed by atoms with E-state index in [-0.39, 0.29) is 23.5 Å². The fourth-order valence-corrected chi connectivity index (χ4v) is 1.38. The van der Waals surface area contributed by atoms with Gasteiger partial charge in [-0.1, -0.05) is 0 Å². The van der Waals surface area contributed by atoms with Crippen molar-refractivity contribution in [2.75, 3.05) is 26.4 Å². The molecule has 0 aliphatic carbocycles. The molecule has 0 saturated carbocycles. The topological polar surface area (TPSA) is 84.1 Å². The second-order valence-corrected chi connectivity index (χ2v) is 3.97. The van der Waals surface area contributed by atoms with Crippen LogP contribution in [-0.4, -0.2) is 47.5 Å². The summed E-state index contributed by atoms with van der Waals surface area (Å²) in [6.45, 7) is 2.69. The van der Waals surface area contributed by atoms with E-state index in [4.69, 9.17) is 5.73 Å². The average Bonchev–Trinajstić information content (AvgIpc) is 2.16. The van der Waals surface area contributed by atoms with Crippen molar-refractivity contribution < 1.29 is 4.79 Å². The Morgan fingerprint density at radius 1 is 1.56 bits per heavy atom. The summed E-state index contributed by atoms with van der Waals surface area (Å²) in [6, 6.07) is 0.0470. The Hall–Kier alpha value is -1.69. The Bertz CT molecular complexity index is 366. The monoisotopic (exact) mass is 223 g/mol. The zero-order valence-corrected chi connectivity index (χ0v) is 9.77. The van der Waals surface area contributed by atoms with Crippen LogP contribution in [0.25, 0.3) is 0 Å². The fourth-order valence-electron chi connectivity index (χ4n) is 1.38. The van der Waals surface area contributed by atoms with E-state index in [1.54, 1.807) is 0 Å². The molecule has 0 aromatic carbocycles. The molecule has 0 aliphatic heterocycles. The maximum Gasteiger partial charge on any atom is 0.271 e. The molecule has 0 radical (unpaired) electrons. The van der Waals surface area contributed by atoms with Crippen molar-refractivity contribution >= 4 is 11.7 Å². The van der Waals surface area contributed by atoms with Gasteiger partial charge in [0.2, 0.25) is 0 Å². The van der Waals surface area contributed by atoms with Crippen molar-refractivity contribution in [3.8, 4) is 0 Å². The number of hydrogen-bond donors (Lipinski definition) is 2. The molecule has 6 heteroatoms. The Labute approximate surface area is 94.9 Å². The molecule has 1 rings (SSSR count). The zero-order chi connectivity index (χ0) is 12.1. The van der Waals surface area contributed by atoms with E-state index in [1.165, 1.54) is 12.4 Å². The normalized spacial score (nSPS) is 12.5. The van der Waals surface area contributed by atoms with Crippen LogP contribution in [0.1, 0.15) is 17.4 Å². The molecular weight excluding hydrogens is 206 g/mol. The van der Waals surface area contributed by atoms with Gasteiger partial charge in [0.15, 0.2) is 0 Å². The highest BCUT2D eigenvalue weighted by atomic mass is 16.1. The van der Waals surface area contributed by atoms with E-state index in [0.717, 1.165) is 6.54 Å². The van der Waals surface area contributed by atoms with Crippen LogP contribution in [0.3, 0.4) is 0 Å². The number of rotatable bonds is 4. The summed E-state index contributed by atoms with van der Waals surface area (Å²) in [6.07, 6.45) is 2.80. The van der Waals surface area contributed by atoms with Crippen molar-refractivity contribution in [1.29, 1.82) is 0 Å². The van der Waals surface area contributed by atoms with Gasteiger partial charge in [-0.25, -0.2) is 4.98 Å². The van der Waals surface area contributed by atoms with Crippen LogP contribution >= 0.6 is 0 Å². The van der Waals surface area contributed by atoms with E-state index < -0.39 is 0 Å². The van der Waals surface area contributed by atoms with Gasteiger partial charge in [-0.3, -0.25) is 9.78 Å². The largest absolute Gasteiger partial charge is 0.382 e. The number of nitrogens with zero attached hydrogens (tertiary/aromatic N) is 3. The minimum Gasteiger partial charge on any atom is -0.382 e. The van der Waals surface area contributed by atoms with Gasteiger partial charge in [-0.05, 0) is 21.0 Å². The smallest absolute Gasteiger partial charge is 0.271 e. The molecule has 1 aromatic heterocycles. The number of carbonyl (C=O) groups excluding carboxylic acids is 1. The molecule has 1 aromatic rings. The molecular formula is C10H17N5O. The van der Waals surface area contributed by atoms with E-state index in [9.17, 15) is 4.79 Å². The number of aromatic nitrogens is 2. The second-order valence-electron chi connectivity index (χ2n) is 3.97. The lowest BCUT2D eigenvalue weighted by molar-refractivity contribution is 0.0929. The van der Waals surface area contributed by atoms with E-state index in [2.05, 4.69) is 15.3 Å². The molecule has 16 heavy (non-hydrogen) atoms. The summed E-state index contributed by atoms with van der Waals surface area (Å²) in [4.78, 5) is 21.4. The number of hydrogen-bond acceptors (Lipinski definition) is 5. The van der Waals surface area contributed by atoms with Crippen molar-refractivity contribution in [3.05, 3.63) is 18.1 Å². The number of amides is 1. The predicted molar refractivity (Wildman–Crippen MR) is 61.9 cm³/mol. The van der Waals surface area contributed by atoms with E-state index in [0.29, 0.717) is 0 Å². The molecule has 88 valence electrons. The van der Waals surface area contributed by atoms with Crippen LogP contribution < -0.4 is 11.1 Å². The summed E-state index contributed by atoms with van der Waals surface area (Å²) < 4.78 is 0. The first-order valence-electron chi connectivity index (χ1n) is 5.02. The van der Waals surface area contributed by atoms with Crippen molar-refractivity contribution in [3.63, 3.8) is 0 Å². The predicted octanol–water partition coefficient (Wildman–Crippen LogP) is -0.261. The van der Waals surface area contributed by atoms with Gasteiger partial charge in [0.05, 0.1) is 12.4 Å². The van der Waals surface area contributed by atoms with Crippen molar-refractivity contribution in [2.45, 2.75) is 13.0 Å². The first kappa shape index (κ1) is 12.4. The summed E-state index contributed by atoms with van der Waals surface area (Å²) in [7, 11) is 3.89. The number of anilines is 1. The van der Waals surface area contributed by atoms with Gasteiger partial charge in [0.25, 0.3) is 5.91 Å². The van der Waals surface area contributed by atoms with Crippen LogP contribution in [0.15, 0.2) is 12.4 Å². The second kappa shape index (κ2) is 5.41. The Morgan fingerprint density at radius 2 is 2.25 bits per heavy atom. The van der Waals surface area contributed by atoms with Crippen LogP contribution in [-0.2, 0) is 0 Å². The molecule has 0 saturated heterocycles. The maximum atomic E-state index is 11.7. The maximum absolute atomic E-state index is 11.7. The molecule has 6 nitrogen and oxygen atoms in total. The van der Waals surface area contributed by atoms with Crippen LogP contribution in [0, 0.1) is 0 Å². The molecule has 1 unspecified atom stereocenters. The Kier molecular flexibility index (Phi) is 4.19. The van der Waals surface area contributed by atoms with Crippen LogP contribution in [0.5, 0.6) is 0 Å². The van der Waals surface area contributed by atoms with Gasteiger partial charge in [-0.2, -0.15) is 0 Å². The third-order valence-corrected chi connectivity index (χ3v) is 1.90. The van der Waals surface area contributed by atoms with Gasteiger partial charge in [-0.15, -0.1) is 0 Å². The fraction of sp³-hybridized carbons (Fsp3) is 0.500. The Balaban J connectivity index is 2.59. The average molecular weight is 223 g/mol. The summed E-state index contributed by atoms with van der Waals surface area (Å²) in [5.74, 6) is -0.0120. The first-order valence-corrected chi connectivity index (χ1v) is 5.02. The highest BCUT2D eigenvalue weighted by molar-refractivity contribution is 5.92. The lowest BCUT2D eigenvalue weighted by atomic mass is 10.3. The number of nitrogens with one attached hydrogen (secondary N) is 1. The number of likely N-dealkylation sites (N-methyl/N-ethyl adjacent to an activating group) is 1. The quantitative estimate of drug-likeness (QED) is 0.734. The molecule has 0 aliphatic rings. The van der Waals surface area contributed by atoms with Crippen LogP contribution in [0.4, 0.5) is 5.82 Å². The number of nitrogen functional groups attached to an aromatic ring is 1. The van der Waals surface area contributed by atoms with Gasteiger partial charge in [0, 0.05) is 12.6 Å².